The average Bonchev–Trinajstić information content (AvgIpc) is 3.23. The third-order valence-electron chi connectivity index (χ3n) is 6.67. The fourth-order valence-electron chi connectivity index (χ4n) is 3.95. The predicted octanol–water partition coefficient (Wildman–Crippen LogP) is 5.23. The Morgan fingerprint density at radius 3 is 2.25 bits per heavy atom. The van der Waals surface area contributed by atoms with E-state index >= 15 is 0 Å². The first kappa shape index (κ1) is 30.1. The molecule has 0 saturated carbocycles. The van der Waals surface area contributed by atoms with Crippen molar-refractivity contribution >= 4 is 27.6 Å². The summed E-state index contributed by atoms with van der Waals surface area (Å²) >= 11 is 0. The van der Waals surface area contributed by atoms with Crippen LogP contribution in [-0.4, -0.2) is 59.8 Å². The molecule has 1 aromatic carbocycles. The van der Waals surface area contributed by atoms with Crippen molar-refractivity contribution in [1.29, 1.82) is 0 Å². The van der Waals surface area contributed by atoms with Crippen LogP contribution in [0.3, 0.4) is 0 Å². The first-order chi connectivity index (χ1) is 16.7. The van der Waals surface area contributed by atoms with Crippen molar-refractivity contribution in [3.05, 3.63) is 33.9 Å². The van der Waals surface area contributed by atoms with E-state index in [-0.39, 0.29) is 18.8 Å². The van der Waals surface area contributed by atoms with Crippen LogP contribution >= 0.6 is 7.60 Å². The molecule has 202 valence electrons. The quantitative estimate of drug-likeness (QED) is 0.152. The van der Waals surface area contributed by atoms with E-state index in [2.05, 4.69) is 19.6 Å². The number of fused-ring (bicyclic) bond motifs is 1. The SMILES string of the molecule is COC(=O)C(C/C(C)=C/Cc1c(OC)c(C)c2c(c1OC(C)[Si](C)(C)C)C(=O)OC2)P(=O)(OC)OC. The van der Waals surface area contributed by atoms with Gasteiger partial charge in [-0.15, -0.1) is 0 Å². The van der Waals surface area contributed by atoms with Gasteiger partial charge in [-0.25, -0.2) is 4.79 Å². The summed E-state index contributed by atoms with van der Waals surface area (Å²) < 4.78 is 45.6. The standard InChI is InChI=1S/C25H39O9PSi/c1-15(13-20(24(26)30-5)35(28,31-6)32-7)11-12-18-22(29-4)16(2)19-14-33-25(27)21(19)23(18)34-17(3)36(8,9)10/h11,17,20H,12-14H2,1-10H3/b15-11+. The number of allylic oxidation sites excluding steroid dienone is 2. The Morgan fingerprint density at radius 2 is 1.75 bits per heavy atom. The maximum Gasteiger partial charge on any atom is 0.344 e. The first-order valence-electron chi connectivity index (χ1n) is 11.8. The lowest BCUT2D eigenvalue weighted by molar-refractivity contribution is -0.140. The van der Waals surface area contributed by atoms with Crippen LogP contribution in [0.5, 0.6) is 11.5 Å². The van der Waals surface area contributed by atoms with Crippen molar-refractivity contribution < 1.29 is 42.1 Å². The number of cyclic esters (lactones) is 1. The molecule has 11 heteroatoms. The van der Waals surface area contributed by atoms with Gasteiger partial charge in [0, 0.05) is 25.3 Å². The maximum atomic E-state index is 13.0. The first-order valence-corrected chi connectivity index (χ1v) is 16.9. The molecule has 1 heterocycles. The molecule has 2 unspecified atom stereocenters. The van der Waals surface area contributed by atoms with Gasteiger partial charge >= 0.3 is 19.5 Å². The van der Waals surface area contributed by atoms with Gasteiger partial charge in [0.25, 0.3) is 0 Å². The van der Waals surface area contributed by atoms with Gasteiger partial charge < -0.3 is 28.0 Å². The minimum atomic E-state index is -3.72. The molecule has 0 aromatic heterocycles. The Bertz CT molecular complexity index is 1070. The van der Waals surface area contributed by atoms with Gasteiger partial charge in [0.05, 0.1) is 28.0 Å². The number of rotatable bonds is 12. The van der Waals surface area contributed by atoms with Crippen LogP contribution in [0.25, 0.3) is 0 Å². The smallest absolute Gasteiger partial charge is 0.344 e. The van der Waals surface area contributed by atoms with Gasteiger partial charge in [-0.3, -0.25) is 9.36 Å². The van der Waals surface area contributed by atoms with Gasteiger partial charge in [0.2, 0.25) is 0 Å². The number of carbonyl (C=O) groups excluding carboxylic acids is 2. The van der Waals surface area contributed by atoms with Crippen LogP contribution in [0.1, 0.15) is 47.3 Å². The van der Waals surface area contributed by atoms with Crippen LogP contribution in [0.4, 0.5) is 0 Å². The summed E-state index contributed by atoms with van der Waals surface area (Å²) in [5, 5.41) is 0. The molecule has 0 spiro atoms. The Kier molecular flexibility index (Phi) is 9.98. The van der Waals surface area contributed by atoms with Crippen molar-refractivity contribution in [3.63, 3.8) is 0 Å². The predicted molar refractivity (Wildman–Crippen MR) is 140 cm³/mol. The molecule has 1 aliphatic heterocycles. The molecule has 0 aliphatic carbocycles. The molecule has 2 rings (SSSR count). The Morgan fingerprint density at radius 1 is 1.14 bits per heavy atom. The highest BCUT2D eigenvalue weighted by Crippen LogP contribution is 2.54. The second-order valence-electron chi connectivity index (χ2n) is 9.92. The summed E-state index contributed by atoms with van der Waals surface area (Å²) in [6.45, 7) is 12.5. The largest absolute Gasteiger partial charge is 0.496 e. The summed E-state index contributed by atoms with van der Waals surface area (Å²) in [5.41, 5.74) is 2.31. The number of ether oxygens (including phenoxy) is 4. The molecule has 0 amide bonds. The van der Waals surface area contributed by atoms with Crippen LogP contribution in [0.15, 0.2) is 11.6 Å². The summed E-state index contributed by atoms with van der Waals surface area (Å²) in [4.78, 5) is 25.1. The molecule has 0 N–H and O–H groups in total. The third-order valence-corrected chi connectivity index (χ3v) is 11.4. The molecule has 0 radical (unpaired) electrons. The molecular formula is C25H39O9PSi. The molecule has 1 aliphatic rings. The lowest BCUT2D eigenvalue weighted by atomic mass is 9.94. The molecule has 0 fully saturated rings. The monoisotopic (exact) mass is 542 g/mol. The third kappa shape index (κ3) is 6.22. The fraction of sp³-hybridized carbons (Fsp3) is 0.600. The minimum Gasteiger partial charge on any atom is -0.496 e. The molecular weight excluding hydrogens is 503 g/mol. The normalized spacial score (nSPS) is 15.7. The number of hydrogen-bond acceptors (Lipinski definition) is 9. The number of carbonyl (C=O) groups is 2. The number of benzene rings is 1. The Labute approximate surface area is 215 Å². The Balaban J connectivity index is 2.57. The summed E-state index contributed by atoms with van der Waals surface area (Å²) in [5.74, 6) is -0.00502. The molecule has 0 bridgehead atoms. The summed E-state index contributed by atoms with van der Waals surface area (Å²) in [6, 6.07) is 0. The van der Waals surface area contributed by atoms with Crippen molar-refractivity contribution in [2.24, 2.45) is 0 Å². The highest BCUT2D eigenvalue weighted by Gasteiger charge is 2.41. The van der Waals surface area contributed by atoms with Crippen LogP contribution in [-0.2, 0) is 40.9 Å². The fourth-order valence-corrected chi connectivity index (χ4v) is 5.95. The number of methoxy groups -OCH3 is 2. The van der Waals surface area contributed by atoms with E-state index in [0.717, 1.165) is 16.7 Å². The summed E-state index contributed by atoms with van der Waals surface area (Å²) in [6.07, 6.45) is 2.34. The van der Waals surface area contributed by atoms with Crippen molar-refractivity contribution in [2.45, 2.75) is 71.2 Å². The highest BCUT2D eigenvalue weighted by molar-refractivity contribution is 7.55. The second kappa shape index (κ2) is 11.9. The van der Waals surface area contributed by atoms with Crippen molar-refractivity contribution in [3.8, 4) is 11.5 Å². The van der Waals surface area contributed by atoms with Gasteiger partial charge in [-0.1, -0.05) is 31.3 Å². The van der Waals surface area contributed by atoms with E-state index in [4.69, 9.17) is 28.0 Å². The zero-order chi connectivity index (χ0) is 27.4. The van der Waals surface area contributed by atoms with Gasteiger partial charge in [0.15, 0.2) is 5.66 Å². The topological polar surface area (TPSA) is 107 Å². The van der Waals surface area contributed by atoms with Crippen molar-refractivity contribution in [1.82, 2.24) is 0 Å². The zero-order valence-electron chi connectivity index (χ0n) is 23.0. The lowest BCUT2D eigenvalue weighted by Gasteiger charge is -2.29. The van der Waals surface area contributed by atoms with Crippen LogP contribution in [0, 0.1) is 6.92 Å². The van der Waals surface area contributed by atoms with Gasteiger partial charge in [-0.2, -0.15) is 0 Å². The van der Waals surface area contributed by atoms with E-state index in [0.29, 0.717) is 29.0 Å². The maximum absolute atomic E-state index is 13.0. The number of esters is 2. The molecule has 9 nitrogen and oxygen atoms in total. The second-order valence-corrected chi connectivity index (χ2v) is 17.9. The lowest BCUT2D eigenvalue weighted by Crippen LogP contribution is -2.40. The molecule has 2 atom stereocenters. The minimum absolute atomic E-state index is 0.0794. The van der Waals surface area contributed by atoms with Crippen LogP contribution in [0.2, 0.25) is 19.6 Å². The van der Waals surface area contributed by atoms with E-state index in [1.165, 1.54) is 21.3 Å². The van der Waals surface area contributed by atoms with Crippen LogP contribution < -0.4 is 9.47 Å². The van der Waals surface area contributed by atoms with E-state index in [1.807, 2.05) is 26.8 Å². The number of hydrogen-bond donors (Lipinski definition) is 0. The summed E-state index contributed by atoms with van der Waals surface area (Å²) in [7, 11) is -0.159. The highest BCUT2D eigenvalue weighted by atomic mass is 31.2. The molecule has 0 saturated heterocycles. The van der Waals surface area contributed by atoms with Crippen molar-refractivity contribution in [2.75, 3.05) is 28.4 Å². The Hall–Kier alpha value is -2.13. The average molecular weight is 543 g/mol. The van der Waals surface area contributed by atoms with E-state index < -0.39 is 33.3 Å². The van der Waals surface area contributed by atoms with E-state index in [1.54, 1.807) is 7.11 Å². The van der Waals surface area contributed by atoms with Gasteiger partial charge in [0.1, 0.15) is 23.7 Å². The molecule has 1 aromatic rings. The van der Waals surface area contributed by atoms with Gasteiger partial charge in [-0.05, 0) is 39.2 Å². The van der Waals surface area contributed by atoms with E-state index in [9.17, 15) is 14.2 Å². The molecule has 36 heavy (non-hydrogen) atoms. The zero-order valence-corrected chi connectivity index (χ0v) is 24.9.